The van der Waals surface area contributed by atoms with Crippen LogP contribution in [0.25, 0.3) is 11.6 Å². The summed E-state index contributed by atoms with van der Waals surface area (Å²) in [6.45, 7) is 0. The molecule has 0 saturated carbocycles. The minimum absolute atomic E-state index is 0.0257. The van der Waals surface area contributed by atoms with E-state index in [9.17, 15) is 13.2 Å². The lowest BCUT2D eigenvalue weighted by Crippen LogP contribution is -2.13. The lowest BCUT2D eigenvalue weighted by atomic mass is 10.0. The van der Waals surface area contributed by atoms with Crippen molar-refractivity contribution in [1.29, 1.82) is 0 Å². The molecule has 1 amide bonds. The summed E-state index contributed by atoms with van der Waals surface area (Å²) in [5.41, 5.74) is 2.38. The molecule has 0 saturated heterocycles. The predicted octanol–water partition coefficient (Wildman–Crippen LogP) is 5.29. The molecule has 0 aromatic heterocycles. The van der Waals surface area contributed by atoms with Gasteiger partial charge in [0.15, 0.2) is 0 Å². The predicted molar refractivity (Wildman–Crippen MR) is 117 cm³/mol. The maximum absolute atomic E-state index is 12.8. The number of fused-ring (bicyclic) bond motifs is 1. The molecular formula is C21H14Cl2N2O3S. The number of hydrogen-bond donors (Lipinski definition) is 2. The highest BCUT2D eigenvalue weighted by atomic mass is 35.5. The van der Waals surface area contributed by atoms with Crippen LogP contribution in [0.2, 0.25) is 10.0 Å². The van der Waals surface area contributed by atoms with Gasteiger partial charge in [-0.2, -0.15) is 0 Å². The van der Waals surface area contributed by atoms with Crippen molar-refractivity contribution in [2.45, 2.75) is 4.90 Å². The second kappa shape index (κ2) is 7.55. The van der Waals surface area contributed by atoms with E-state index in [0.29, 0.717) is 38.1 Å². The van der Waals surface area contributed by atoms with Crippen molar-refractivity contribution < 1.29 is 13.2 Å². The number of nitrogens with one attached hydrogen (secondary N) is 2. The molecule has 4 rings (SSSR count). The Morgan fingerprint density at radius 2 is 1.72 bits per heavy atom. The van der Waals surface area contributed by atoms with Gasteiger partial charge < -0.3 is 5.32 Å². The highest BCUT2D eigenvalue weighted by Crippen LogP contribution is 2.36. The van der Waals surface area contributed by atoms with Gasteiger partial charge in [-0.05, 0) is 54.1 Å². The Kier molecular flexibility index (Phi) is 5.08. The molecule has 0 atom stereocenters. The molecule has 0 fully saturated rings. The quantitative estimate of drug-likeness (QED) is 0.536. The number of sulfonamides is 1. The highest BCUT2D eigenvalue weighted by Gasteiger charge is 2.27. The number of hydrogen-bond acceptors (Lipinski definition) is 3. The van der Waals surface area contributed by atoms with Gasteiger partial charge in [-0.1, -0.05) is 47.5 Å². The smallest absolute Gasteiger partial charge is 0.261 e. The van der Waals surface area contributed by atoms with Crippen LogP contribution in [0.5, 0.6) is 0 Å². The van der Waals surface area contributed by atoms with Crippen LogP contribution >= 0.6 is 23.2 Å². The van der Waals surface area contributed by atoms with Crippen molar-refractivity contribution in [3.8, 4) is 0 Å². The minimum atomic E-state index is -3.87. The molecular weight excluding hydrogens is 431 g/mol. The first-order valence-electron chi connectivity index (χ1n) is 8.54. The van der Waals surface area contributed by atoms with Crippen LogP contribution in [-0.4, -0.2) is 14.3 Å². The lowest BCUT2D eigenvalue weighted by Gasteiger charge is -2.10. The molecule has 0 bridgehead atoms. The summed E-state index contributed by atoms with van der Waals surface area (Å²) in [5.74, 6) is -0.322. The molecule has 29 heavy (non-hydrogen) atoms. The number of amides is 1. The first kappa shape index (κ1) is 19.5. The number of carbonyl (C=O) groups is 1. The van der Waals surface area contributed by atoms with E-state index in [1.807, 2.05) is 6.07 Å². The number of carbonyl (C=O) groups excluding carboxylic acids is 1. The van der Waals surface area contributed by atoms with E-state index in [1.165, 1.54) is 18.2 Å². The van der Waals surface area contributed by atoms with Gasteiger partial charge in [-0.3, -0.25) is 9.52 Å². The zero-order valence-electron chi connectivity index (χ0n) is 14.8. The van der Waals surface area contributed by atoms with Gasteiger partial charge in [0, 0.05) is 26.9 Å². The highest BCUT2D eigenvalue weighted by molar-refractivity contribution is 7.92. The molecule has 0 radical (unpaired) electrons. The van der Waals surface area contributed by atoms with E-state index in [2.05, 4.69) is 10.0 Å². The van der Waals surface area contributed by atoms with Crippen molar-refractivity contribution >= 4 is 62.2 Å². The molecule has 3 aromatic rings. The SMILES string of the molecule is O=C1Nc2ccc(S(=O)(=O)Nc3cccc(Cl)c3)cc2/C1=C\c1ccccc1Cl. The van der Waals surface area contributed by atoms with Gasteiger partial charge in [-0.25, -0.2) is 8.42 Å². The van der Waals surface area contributed by atoms with E-state index < -0.39 is 10.0 Å². The molecule has 1 aliphatic rings. The number of halogens is 2. The molecule has 0 aliphatic carbocycles. The van der Waals surface area contributed by atoms with E-state index in [0.717, 1.165) is 0 Å². The van der Waals surface area contributed by atoms with E-state index >= 15 is 0 Å². The maximum atomic E-state index is 12.8. The van der Waals surface area contributed by atoms with Gasteiger partial charge in [0.25, 0.3) is 15.9 Å². The molecule has 5 nitrogen and oxygen atoms in total. The van der Waals surface area contributed by atoms with E-state index in [4.69, 9.17) is 23.2 Å². The van der Waals surface area contributed by atoms with Gasteiger partial charge in [0.05, 0.1) is 10.6 Å². The lowest BCUT2D eigenvalue weighted by molar-refractivity contribution is -0.110. The third kappa shape index (κ3) is 4.00. The average molecular weight is 445 g/mol. The Morgan fingerprint density at radius 3 is 2.48 bits per heavy atom. The summed E-state index contributed by atoms with van der Waals surface area (Å²) in [7, 11) is -3.87. The summed E-state index contributed by atoms with van der Waals surface area (Å²) in [4.78, 5) is 12.5. The van der Waals surface area contributed by atoms with Crippen LogP contribution in [0.1, 0.15) is 11.1 Å². The second-order valence-electron chi connectivity index (χ2n) is 6.36. The minimum Gasteiger partial charge on any atom is -0.321 e. The van der Waals surface area contributed by atoms with Gasteiger partial charge >= 0.3 is 0 Å². The van der Waals surface area contributed by atoms with E-state index in [-0.39, 0.29) is 10.8 Å². The monoisotopic (exact) mass is 444 g/mol. The molecule has 2 N–H and O–H groups in total. The Balaban J connectivity index is 1.74. The van der Waals surface area contributed by atoms with Gasteiger partial charge in [-0.15, -0.1) is 0 Å². The third-order valence-corrected chi connectivity index (χ3v) is 6.32. The standard InChI is InChI=1S/C21H14Cl2N2O3S/c22-14-5-3-6-15(11-14)25-29(27,28)16-8-9-20-17(12-16)18(21(26)24-20)10-13-4-1-2-7-19(13)23/h1-12,25H,(H,24,26)/b18-10+. The first-order chi connectivity index (χ1) is 13.8. The van der Waals surface area contributed by atoms with Crippen molar-refractivity contribution in [2.24, 2.45) is 0 Å². The summed E-state index contributed by atoms with van der Waals surface area (Å²) < 4.78 is 28.1. The Bertz CT molecular complexity index is 1270. The number of rotatable bonds is 4. The molecule has 0 unspecified atom stereocenters. The van der Waals surface area contributed by atoms with Gasteiger partial charge in [0.1, 0.15) is 0 Å². The number of benzene rings is 3. The molecule has 3 aromatic carbocycles. The maximum Gasteiger partial charge on any atom is 0.261 e. The van der Waals surface area contributed by atoms with Crippen LogP contribution < -0.4 is 10.0 Å². The molecule has 8 heteroatoms. The average Bonchev–Trinajstić information content (AvgIpc) is 2.98. The number of anilines is 2. The zero-order valence-corrected chi connectivity index (χ0v) is 17.1. The van der Waals surface area contributed by atoms with Crippen LogP contribution in [-0.2, 0) is 14.8 Å². The Hall–Kier alpha value is -2.80. The van der Waals surface area contributed by atoms with Gasteiger partial charge in [0.2, 0.25) is 0 Å². The summed E-state index contributed by atoms with van der Waals surface area (Å²) in [6, 6.07) is 18.0. The summed E-state index contributed by atoms with van der Waals surface area (Å²) in [5, 5.41) is 3.65. The molecule has 1 aliphatic heterocycles. The van der Waals surface area contributed by atoms with E-state index in [1.54, 1.807) is 48.5 Å². The van der Waals surface area contributed by atoms with Crippen LogP contribution in [0.4, 0.5) is 11.4 Å². The molecule has 146 valence electrons. The fourth-order valence-corrected chi connectivity index (χ4v) is 4.45. The normalized spacial score (nSPS) is 14.6. The van der Waals surface area contributed by atoms with Crippen molar-refractivity contribution in [3.05, 3.63) is 87.9 Å². The topological polar surface area (TPSA) is 75.3 Å². The second-order valence-corrected chi connectivity index (χ2v) is 8.88. The van der Waals surface area contributed by atoms with Crippen molar-refractivity contribution in [2.75, 3.05) is 10.0 Å². The Morgan fingerprint density at radius 1 is 0.931 bits per heavy atom. The van der Waals surface area contributed by atoms with Crippen molar-refractivity contribution in [3.63, 3.8) is 0 Å². The van der Waals surface area contributed by atoms with Crippen LogP contribution in [0.3, 0.4) is 0 Å². The third-order valence-electron chi connectivity index (χ3n) is 4.37. The molecule has 0 spiro atoms. The van der Waals surface area contributed by atoms with Crippen LogP contribution in [0.15, 0.2) is 71.6 Å². The fourth-order valence-electron chi connectivity index (χ4n) is 2.99. The summed E-state index contributed by atoms with van der Waals surface area (Å²) >= 11 is 12.1. The largest absolute Gasteiger partial charge is 0.321 e. The molecule has 1 heterocycles. The van der Waals surface area contributed by atoms with Crippen molar-refractivity contribution in [1.82, 2.24) is 0 Å². The Labute approximate surface area is 178 Å². The van der Waals surface area contributed by atoms with Crippen LogP contribution in [0, 0.1) is 0 Å². The first-order valence-corrected chi connectivity index (χ1v) is 10.8. The fraction of sp³-hybridized carbons (Fsp3) is 0. The zero-order chi connectivity index (χ0) is 20.6. The summed E-state index contributed by atoms with van der Waals surface area (Å²) in [6.07, 6.45) is 1.64.